The van der Waals surface area contributed by atoms with Gasteiger partial charge in [0.15, 0.2) is 9.84 Å². The molecule has 1 N–H and O–H groups in total. The summed E-state index contributed by atoms with van der Waals surface area (Å²) in [6, 6.07) is 18.0. The second-order valence-corrected chi connectivity index (χ2v) is 7.24. The topological polar surface area (TPSA) is 72.2 Å². The molecule has 0 aliphatic rings. The van der Waals surface area contributed by atoms with E-state index in [-0.39, 0.29) is 11.5 Å². The van der Waals surface area contributed by atoms with Crippen LogP contribution < -0.4 is 0 Å². The molecule has 0 bridgehead atoms. The van der Waals surface area contributed by atoms with E-state index in [0.29, 0.717) is 5.69 Å². The maximum atomic E-state index is 11.6. The van der Waals surface area contributed by atoms with Crippen molar-refractivity contribution in [2.24, 2.45) is 0 Å². The van der Waals surface area contributed by atoms with Crippen molar-refractivity contribution in [3.8, 4) is 16.9 Å². The summed E-state index contributed by atoms with van der Waals surface area (Å²) in [5, 5.41) is 13.8. The van der Waals surface area contributed by atoms with Gasteiger partial charge in [-0.25, -0.2) is 13.1 Å². The molecule has 0 aliphatic carbocycles. The van der Waals surface area contributed by atoms with Gasteiger partial charge in [-0.3, -0.25) is 0 Å². The zero-order valence-electron chi connectivity index (χ0n) is 12.5. The molecule has 0 radical (unpaired) electrons. The van der Waals surface area contributed by atoms with Crippen molar-refractivity contribution in [3.63, 3.8) is 0 Å². The Labute approximate surface area is 134 Å². The van der Waals surface area contributed by atoms with E-state index in [1.54, 1.807) is 35.0 Å². The first kappa shape index (κ1) is 15.5. The fraction of sp³-hybridized carbons (Fsp3) is 0.118. The molecule has 0 amide bonds. The van der Waals surface area contributed by atoms with Crippen LogP contribution in [0.1, 0.15) is 5.69 Å². The lowest BCUT2D eigenvalue weighted by molar-refractivity contribution is 0.276. The number of para-hydroxylation sites is 1. The van der Waals surface area contributed by atoms with E-state index in [1.165, 1.54) is 6.26 Å². The Kier molecular flexibility index (Phi) is 4.02. The third-order valence-corrected chi connectivity index (χ3v) is 4.63. The van der Waals surface area contributed by atoms with Crippen LogP contribution in [0.15, 0.2) is 65.6 Å². The minimum Gasteiger partial charge on any atom is -0.390 e. The maximum absolute atomic E-state index is 11.6. The van der Waals surface area contributed by atoms with Crippen LogP contribution in [0.25, 0.3) is 16.9 Å². The van der Waals surface area contributed by atoms with Gasteiger partial charge in [-0.2, -0.15) is 5.10 Å². The van der Waals surface area contributed by atoms with E-state index in [4.69, 9.17) is 0 Å². The first-order valence-electron chi connectivity index (χ1n) is 7.05. The third-order valence-electron chi connectivity index (χ3n) is 3.50. The van der Waals surface area contributed by atoms with Crippen LogP contribution in [0.3, 0.4) is 0 Å². The number of rotatable bonds is 4. The number of hydrogen-bond acceptors (Lipinski definition) is 4. The Balaban J connectivity index is 2.11. The Morgan fingerprint density at radius 3 is 2.26 bits per heavy atom. The number of sulfone groups is 1. The average Bonchev–Trinajstić information content (AvgIpc) is 2.99. The molecule has 6 heteroatoms. The second-order valence-electron chi connectivity index (χ2n) is 5.22. The number of nitrogens with zero attached hydrogens (tertiary/aromatic N) is 2. The van der Waals surface area contributed by atoms with Gasteiger partial charge in [-0.15, -0.1) is 0 Å². The summed E-state index contributed by atoms with van der Waals surface area (Å²) in [4.78, 5) is 0.273. The minimum absolute atomic E-state index is 0.158. The van der Waals surface area contributed by atoms with Crippen LogP contribution in [0.5, 0.6) is 0 Å². The monoisotopic (exact) mass is 328 g/mol. The molecule has 0 fully saturated rings. The van der Waals surface area contributed by atoms with Crippen molar-refractivity contribution in [3.05, 3.63) is 66.4 Å². The quantitative estimate of drug-likeness (QED) is 0.798. The third kappa shape index (κ3) is 3.18. The zero-order valence-corrected chi connectivity index (χ0v) is 13.4. The van der Waals surface area contributed by atoms with Gasteiger partial charge >= 0.3 is 0 Å². The number of hydrogen-bond donors (Lipinski definition) is 1. The van der Waals surface area contributed by atoms with Gasteiger partial charge in [0.25, 0.3) is 0 Å². The first-order valence-corrected chi connectivity index (χ1v) is 8.94. The van der Waals surface area contributed by atoms with E-state index >= 15 is 0 Å². The Hall–Kier alpha value is -2.44. The summed E-state index contributed by atoms with van der Waals surface area (Å²) in [5.41, 5.74) is 3.04. The van der Waals surface area contributed by atoms with E-state index < -0.39 is 9.84 Å². The van der Waals surface area contributed by atoms with Crippen molar-refractivity contribution >= 4 is 9.84 Å². The molecule has 0 spiro atoms. The smallest absolute Gasteiger partial charge is 0.175 e. The highest BCUT2D eigenvalue weighted by Crippen LogP contribution is 2.25. The molecular formula is C17H16N2O3S. The summed E-state index contributed by atoms with van der Waals surface area (Å²) in [7, 11) is -3.23. The summed E-state index contributed by atoms with van der Waals surface area (Å²) >= 11 is 0. The van der Waals surface area contributed by atoms with Crippen LogP contribution >= 0.6 is 0 Å². The highest BCUT2D eigenvalue weighted by Gasteiger charge is 2.13. The summed E-state index contributed by atoms with van der Waals surface area (Å²) < 4.78 is 24.9. The van der Waals surface area contributed by atoms with Crippen molar-refractivity contribution < 1.29 is 13.5 Å². The average molecular weight is 328 g/mol. The van der Waals surface area contributed by atoms with Crippen LogP contribution in [0.4, 0.5) is 0 Å². The molecule has 118 valence electrons. The Morgan fingerprint density at radius 1 is 1.04 bits per heavy atom. The first-order chi connectivity index (χ1) is 11.0. The molecule has 0 atom stereocenters. The normalized spacial score (nSPS) is 11.6. The maximum Gasteiger partial charge on any atom is 0.175 e. The second kappa shape index (κ2) is 5.98. The molecule has 0 saturated heterocycles. The molecular weight excluding hydrogens is 312 g/mol. The van der Waals surface area contributed by atoms with Gasteiger partial charge in [0, 0.05) is 11.8 Å². The van der Waals surface area contributed by atoms with E-state index in [1.807, 2.05) is 30.3 Å². The summed E-state index contributed by atoms with van der Waals surface area (Å²) in [5.74, 6) is 0. The molecule has 2 aromatic carbocycles. The lowest BCUT2D eigenvalue weighted by atomic mass is 10.1. The van der Waals surface area contributed by atoms with Crippen molar-refractivity contribution in [2.75, 3.05) is 6.26 Å². The van der Waals surface area contributed by atoms with Crippen LogP contribution in [-0.2, 0) is 16.4 Å². The van der Waals surface area contributed by atoms with E-state index in [2.05, 4.69) is 5.10 Å². The van der Waals surface area contributed by atoms with Crippen molar-refractivity contribution in [1.82, 2.24) is 9.78 Å². The molecule has 5 nitrogen and oxygen atoms in total. The molecule has 0 unspecified atom stereocenters. The van der Waals surface area contributed by atoms with Gasteiger partial charge in [-0.1, -0.05) is 30.3 Å². The van der Waals surface area contributed by atoms with Gasteiger partial charge in [-0.05, 0) is 30.3 Å². The number of benzene rings is 2. The highest BCUT2D eigenvalue weighted by molar-refractivity contribution is 7.90. The SMILES string of the molecule is CS(=O)(=O)c1ccc(-c2cc(CO)nn2-c2ccccc2)cc1. The molecule has 1 aromatic heterocycles. The number of aromatic nitrogens is 2. The van der Waals surface area contributed by atoms with Crippen LogP contribution in [-0.4, -0.2) is 29.6 Å². The fourth-order valence-electron chi connectivity index (χ4n) is 2.35. The molecule has 0 aliphatic heterocycles. The molecule has 23 heavy (non-hydrogen) atoms. The van der Waals surface area contributed by atoms with Crippen LogP contribution in [0, 0.1) is 0 Å². The van der Waals surface area contributed by atoms with E-state index in [0.717, 1.165) is 16.9 Å². The molecule has 0 saturated carbocycles. The number of aliphatic hydroxyl groups excluding tert-OH is 1. The summed E-state index contributed by atoms with van der Waals surface area (Å²) in [6.07, 6.45) is 1.18. The molecule has 1 heterocycles. The van der Waals surface area contributed by atoms with E-state index in [9.17, 15) is 13.5 Å². The van der Waals surface area contributed by atoms with Crippen molar-refractivity contribution in [1.29, 1.82) is 0 Å². The lowest BCUT2D eigenvalue weighted by Crippen LogP contribution is -2.00. The van der Waals surface area contributed by atoms with Gasteiger partial charge in [0.1, 0.15) is 0 Å². The zero-order chi connectivity index (χ0) is 16.4. The summed E-state index contributed by atoms with van der Waals surface area (Å²) in [6.45, 7) is -0.158. The van der Waals surface area contributed by atoms with Crippen LogP contribution in [0.2, 0.25) is 0 Å². The largest absolute Gasteiger partial charge is 0.390 e. The predicted octanol–water partition coefficient (Wildman–Crippen LogP) is 2.44. The molecule has 3 aromatic rings. The molecule has 3 rings (SSSR count). The van der Waals surface area contributed by atoms with Gasteiger partial charge < -0.3 is 5.11 Å². The predicted molar refractivity (Wildman–Crippen MR) is 88.0 cm³/mol. The Morgan fingerprint density at radius 2 is 1.70 bits per heavy atom. The minimum atomic E-state index is -3.23. The van der Waals surface area contributed by atoms with Gasteiger partial charge in [0.2, 0.25) is 0 Å². The lowest BCUT2D eigenvalue weighted by Gasteiger charge is -2.08. The highest BCUT2D eigenvalue weighted by atomic mass is 32.2. The fourth-order valence-corrected chi connectivity index (χ4v) is 2.98. The van der Waals surface area contributed by atoms with Crippen molar-refractivity contribution in [2.45, 2.75) is 11.5 Å². The van der Waals surface area contributed by atoms with Gasteiger partial charge in [0.05, 0.1) is 28.6 Å². The number of aliphatic hydroxyl groups is 1. The Bertz CT molecular complexity index is 914. The standard InChI is InChI=1S/C17H16N2O3S/c1-23(21,22)16-9-7-13(8-10-16)17-11-14(12-20)18-19(17)15-5-3-2-4-6-15/h2-11,20H,12H2,1H3.